The van der Waals surface area contributed by atoms with Crippen LogP contribution in [0.1, 0.15) is 5.56 Å². The fraction of sp³-hybridized carbons (Fsp3) is 0.250. The summed E-state index contributed by atoms with van der Waals surface area (Å²) in [6, 6.07) is 10.2. The smallest absolute Gasteiger partial charge is 0.233 e. The van der Waals surface area contributed by atoms with Gasteiger partial charge < -0.3 is 10.1 Å². The van der Waals surface area contributed by atoms with Crippen molar-refractivity contribution in [3.8, 4) is 0 Å². The van der Waals surface area contributed by atoms with Crippen LogP contribution in [0.5, 0.6) is 0 Å². The standard InChI is InChI=1S/C12H11NO2/c14-12-11-9(13-12)6-10(11)15-7-8-4-2-1-3-5-8/h1-6,9,11H,7H2,(H,13,14)/t9-,11-/m0/s1. The molecule has 0 bridgehead atoms. The quantitative estimate of drug-likeness (QED) is 0.746. The third-order valence-electron chi connectivity index (χ3n) is 2.85. The van der Waals surface area contributed by atoms with Gasteiger partial charge in [0.25, 0.3) is 0 Å². The van der Waals surface area contributed by atoms with Crippen molar-refractivity contribution >= 4 is 5.91 Å². The molecular weight excluding hydrogens is 190 g/mol. The molecule has 3 heteroatoms. The fourth-order valence-corrected chi connectivity index (χ4v) is 1.89. The van der Waals surface area contributed by atoms with E-state index >= 15 is 0 Å². The Bertz CT molecular complexity index is 425. The number of ether oxygens (including phenoxy) is 1. The summed E-state index contributed by atoms with van der Waals surface area (Å²) in [5.74, 6) is 0.909. The Morgan fingerprint density at radius 2 is 2.07 bits per heavy atom. The van der Waals surface area contributed by atoms with Crippen LogP contribution in [0.2, 0.25) is 0 Å². The average molecular weight is 201 g/mol. The first-order valence-corrected chi connectivity index (χ1v) is 5.03. The summed E-state index contributed by atoms with van der Waals surface area (Å²) in [6.07, 6.45) is 1.97. The Morgan fingerprint density at radius 1 is 1.27 bits per heavy atom. The number of amides is 1. The monoisotopic (exact) mass is 201 g/mol. The number of carbonyl (C=O) groups is 1. The first kappa shape index (κ1) is 8.53. The molecule has 1 aliphatic carbocycles. The predicted octanol–water partition coefficient (Wildman–Crippen LogP) is 1.22. The van der Waals surface area contributed by atoms with E-state index in [1.165, 1.54) is 0 Å². The molecule has 0 saturated carbocycles. The lowest BCUT2D eigenvalue weighted by molar-refractivity contribution is -0.136. The zero-order chi connectivity index (χ0) is 10.3. The molecule has 0 spiro atoms. The van der Waals surface area contributed by atoms with E-state index in [0.717, 1.165) is 11.3 Å². The Balaban J connectivity index is 1.60. The maximum absolute atomic E-state index is 11.1. The molecule has 1 aliphatic heterocycles. The topological polar surface area (TPSA) is 38.3 Å². The Labute approximate surface area is 87.7 Å². The van der Waals surface area contributed by atoms with Crippen LogP contribution in [-0.2, 0) is 16.1 Å². The number of nitrogens with one attached hydrogen (secondary N) is 1. The number of β-lactam (4-membered cyclic amide) rings is 1. The van der Waals surface area contributed by atoms with Crippen molar-refractivity contribution in [2.24, 2.45) is 5.92 Å². The van der Waals surface area contributed by atoms with E-state index in [9.17, 15) is 4.79 Å². The molecular formula is C12H11NO2. The van der Waals surface area contributed by atoms with Crippen LogP contribution in [0.25, 0.3) is 0 Å². The van der Waals surface area contributed by atoms with E-state index in [1.807, 2.05) is 36.4 Å². The van der Waals surface area contributed by atoms with E-state index in [2.05, 4.69) is 5.32 Å². The van der Waals surface area contributed by atoms with E-state index in [-0.39, 0.29) is 17.9 Å². The van der Waals surface area contributed by atoms with Gasteiger partial charge in [-0.1, -0.05) is 30.3 Å². The molecule has 1 amide bonds. The van der Waals surface area contributed by atoms with Crippen molar-refractivity contribution in [3.05, 3.63) is 47.7 Å². The summed E-state index contributed by atoms with van der Waals surface area (Å²) in [5, 5.41) is 2.78. The summed E-state index contributed by atoms with van der Waals surface area (Å²) in [6.45, 7) is 0.545. The molecule has 0 aromatic heterocycles. The lowest BCUT2D eigenvalue weighted by atomic mass is 9.78. The molecule has 2 aliphatic rings. The van der Waals surface area contributed by atoms with Gasteiger partial charge in [-0.3, -0.25) is 4.79 Å². The summed E-state index contributed by atoms with van der Waals surface area (Å²) >= 11 is 0. The average Bonchev–Trinajstić information content (AvgIpc) is 2.24. The second-order valence-corrected chi connectivity index (χ2v) is 3.86. The van der Waals surface area contributed by atoms with E-state index in [1.54, 1.807) is 0 Å². The Morgan fingerprint density at radius 3 is 2.73 bits per heavy atom. The second kappa shape index (κ2) is 3.12. The van der Waals surface area contributed by atoms with Gasteiger partial charge in [-0.15, -0.1) is 0 Å². The molecule has 2 atom stereocenters. The second-order valence-electron chi connectivity index (χ2n) is 3.86. The minimum Gasteiger partial charge on any atom is -0.493 e. The summed E-state index contributed by atoms with van der Waals surface area (Å²) < 4.78 is 5.57. The predicted molar refractivity (Wildman–Crippen MR) is 54.7 cm³/mol. The molecule has 1 aromatic rings. The van der Waals surface area contributed by atoms with E-state index < -0.39 is 0 Å². The maximum Gasteiger partial charge on any atom is 0.233 e. The van der Waals surface area contributed by atoms with Crippen molar-refractivity contribution < 1.29 is 9.53 Å². The molecule has 0 radical (unpaired) electrons. The number of carbonyl (C=O) groups excluding carboxylic acids is 1. The van der Waals surface area contributed by atoms with Gasteiger partial charge in [-0.05, 0) is 11.6 Å². The van der Waals surface area contributed by atoms with Crippen LogP contribution >= 0.6 is 0 Å². The molecule has 1 aromatic carbocycles. The van der Waals surface area contributed by atoms with Gasteiger partial charge in [0.2, 0.25) is 5.91 Å². The molecule has 15 heavy (non-hydrogen) atoms. The highest BCUT2D eigenvalue weighted by atomic mass is 16.5. The highest BCUT2D eigenvalue weighted by Gasteiger charge is 2.49. The highest BCUT2D eigenvalue weighted by Crippen LogP contribution is 2.35. The lowest BCUT2D eigenvalue weighted by Crippen LogP contribution is -2.63. The lowest BCUT2D eigenvalue weighted by Gasteiger charge is -2.43. The maximum atomic E-state index is 11.1. The molecule has 3 nitrogen and oxygen atoms in total. The van der Waals surface area contributed by atoms with Gasteiger partial charge >= 0.3 is 0 Å². The molecule has 0 unspecified atom stereocenters. The Kier molecular flexibility index (Phi) is 1.78. The number of fused-ring (bicyclic) bond motifs is 1. The summed E-state index contributed by atoms with van der Waals surface area (Å²) in [4.78, 5) is 11.1. The van der Waals surface area contributed by atoms with Crippen LogP contribution in [0.15, 0.2) is 42.2 Å². The van der Waals surface area contributed by atoms with Gasteiger partial charge in [0, 0.05) is 0 Å². The summed E-state index contributed by atoms with van der Waals surface area (Å²) in [7, 11) is 0. The van der Waals surface area contributed by atoms with Gasteiger partial charge in [0.05, 0.1) is 6.04 Å². The van der Waals surface area contributed by atoms with Crippen LogP contribution in [-0.4, -0.2) is 11.9 Å². The SMILES string of the molecule is O=C1N[C@H]2C=C(OCc3ccccc3)[C@@H]12. The van der Waals surface area contributed by atoms with Crippen molar-refractivity contribution in [3.63, 3.8) is 0 Å². The minimum absolute atomic E-state index is 0.00582. The van der Waals surface area contributed by atoms with Crippen molar-refractivity contribution in [1.82, 2.24) is 5.32 Å². The number of rotatable bonds is 3. The Hall–Kier alpha value is -1.77. The third kappa shape index (κ3) is 1.31. The van der Waals surface area contributed by atoms with Gasteiger partial charge in [-0.2, -0.15) is 0 Å². The zero-order valence-corrected chi connectivity index (χ0v) is 8.14. The largest absolute Gasteiger partial charge is 0.493 e. The molecule has 76 valence electrons. The summed E-state index contributed by atoms with van der Waals surface area (Å²) in [5.41, 5.74) is 1.13. The number of benzene rings is 1. The van der Waals surface area contributed by atoms with Crippen molar-refractivity contribution in [2.75, 3.05) is 0 Å². The molecule has 1 fully saturated rings. The van der Waals surface area contributed by atoms with Crippen LogP contribution in [0, 0.1) is 5.92 Å². The van der Waals surface area contributed by atoms with Gasteiger partial charge in [0.15, 0.2) is 0 Å². The van der Waals surface area contributed by atoms with Crippen molar-refractivity contribution in [2.45, 2.75) is 12.6 Å². The van der Waals surface area contributed by atoms with Crippen LogP contribution < -0.4 is 5.32 Å². The number of hydrogen-bond acceptors (Lipinski definition) is 2. The van der Waals surface area contributed by atoms with Crippen molar-refractivity contribution in [1.29, 1.82) is 0 Å². The molecule has 1 saturated heterocycles. The number of hydrogen-bond donors (Lipinski definition) is 1. The molecule has 3 rings (SSSR count). The molecule has 1 N–H and O–H groups in total. The van der Waals surface area contributed by atoms with Crippen LogP contribution in [0.3, 0.4) is 0 Å². The van der Waals surface area contributed by atoms with Crippen LogP contribution in [0.4, 0.5) is 0 Å². The van der Waals surface area contributed by atoms with Gasteiger partial charge in [-0.25, -0.2) is 0 Å². The first-order chi connectivity index (χ1) is 7.34. The highest BCUT2D eigenvalue weighted by molar-refractivity contribution is 5.91. The van der Waals surface area contributed by atoms with E-state index in [0.29, 0.717) is 6.61 Å². The normalized spacial score (nSPS) is 26.7. The minimum atomic E-state index is -0.00582. The fourth-order valence-electron chi connectivity index (χ4n) is 1.89. The van der Waals surface area contributed by atoms with E-state index in [4.69, 9.17) is 4.74 Å². The third-order valence-corrected chi connectivity index (χ3v) is 2.85. The first-order valence-electron chi connectivity index (χ1n) is 5.03. The van der Waals surface area contributed by atoms with Gasteiger partial charge in [0.1, 0.15) is 18.3 Å². The zero-order valence-electron chi connectivity index (χ0n) is 8.14. The molecule has 1 heterocycles.